The van der Waals surface area contributed by atoms with E-state index in [1.54, 1.807) is 9.25 Å². The molecule has 0 atom stereocenters. The van der Waals surface area contributed by atoms with Crippen LogP contribution in [0, 0.1) is 0 Å². The van der Waals surface area contributed by atoms with E-state index in [0.29, 0.717) is 24.8 Å². The first-order valence-electron chi connectivity index (χ1n) is 8.32. The molecule has 0 radical (unpaired) electrons. The monoisotopic (exact) mass is 329 g/mol. The van der Waals surface area contributed by atoms with E-state index >= 15 is 0 Å². The van der Waals surface area contributed by atoms with Crippen LogP contribution in [-0.2, 0) is 15.8 Å². The second kappa shape index (κ2) is 4.72. The van der Waals surface area contributed by atoms with Crippen LogP contribution in [0.15, 0.2) is 23.0 Å². The summed E-state index contributed by atoms with van der Waals surface area (Å²) >= 11 is 0. The Balaban J connectivity index is 1.96. The molecule has 6 nitrogen and oxygen atoms in total. The molecular formula is C18H23N3O3. The van der Waals surface area contributed by atoms with Gasteiger partial charge in [0.15, 0.2) is 11.4 Å². The zero-order valence-electron chi connectivity index (χ0n) is 14.8. The van der Waals surface area contributed by atoms with Crippen molar-refractivity contribution in [3.8, 4) is 11.4 Å². The summed E-state index contributed by atoms with van der Waals surface area (Å²) in [5.74, 6) is 1.35. The summed E-state index contributed by atoms with van der Waals surface area (Å²) in [6.45, 7) is 11.4. The summed E-state index contributed by atoms with van der Waals surface area (Å²) in [7, 11) is 0. The van der Waals surface area contributed by atoms with E-state index in [1.165, 1.54) is 0 Å². The van der Waals surface area contributed by atoms with Gasteiger partial charge in [0, 0.05) is 0 Å². The minimum Gasteiger partial charge on any atom is -0.478 e. The Morgan fingerprint density at radius 3 is 2.54 bits per heavy atom. The minimum atomic E-state index is -0.661. The predicted octanol–water partition coefficient (Wildman–Crippen LogP) is 2.53. The zero-order valence-corrected chi connectivity index (χ0v) is 14.8. The maximum absolute atomic E-state index is 13.0. The molecule has 0 bridgehead atoms. The molecule has 2 aliphatic heterocycles. The second-order valence-corrected chi connectivity index (χ2v) is 8.12. The number of ether oxygens (including phenoxy) is 2. The summed E-state index contributed by atoms with van der Waals surface area (Å²) in [4.78, 5) is 13.0. The molecule has 1 aromatic heterocycles. The van der Waals surface area contributed by atoms with Crippen LogP contribution in [0.5, 0.6) is 5.75 Å². The van der Waals surface area contributed by atoms with Crippen molar-refractivity contribution >= 4 is 0 Å². The Hall–Kier alpha value is -2.08. The van der Waals surface area contributed by atoms with Crippen LogP contribution in [0.25, 0.3) is 5.69 Å². The van der Waals surface area contributed by atoms with Gasteiger partial charge in [0.2, 0.25) is 0 Å². The van der Waals surface area contributed by atoms with Gasteiger partial charge >= 0.3 is 5.69 Å². The Morgan fingerprint density at radius 2 is 1.96 bits per heavy atom. The van der Waals surface area contributed by atoms with E-state index in [-0.39, 0.29) is 17.1 Å². The maximum Gasteiger partial charge on any atom is 0.351 e. The third-order valence-electron chi connectivity index (χ3n) is 4.74. The highest BCUT2D eigenvalue weighted by molar-refractivity contribution is 5.53. The number of aromatic nitrogens is 3. The fourth-order valence-electron chi connectivity index (χ4n) is 3.16. The molecule has 24 heavy (non-hydrogen) atoms. The lowest BCUT2D eigenvalue weighted by molar-refractivity contribution is -0.0308. The normalized spacial score (nSPS) is 19.2. The van der Waals surface area contributed by atoms with E-state index in [2.05, 4.69) is 31.9 Å². The summed E-state index contributed by atoms with van der Waals surface area (Å²) in [6, 6.07) is 6.07. The molecule has 1 saturated heterocycles. The van der Waals surface area contributed by atoms with Crippen molar-refractivity contribution in [2.24, 2.45) is 0 Å². The first-order chi connectivity index (χ1) is 11.2. The van der Waals surface area contributed by atoms with Gasteiger partial charge in [-0.15, -0.1) is 5.10 Å². The van der Waals surface area contributed by atoms with E-state index in [1.807, 2.05) is 26.0 Å². The zero-order chi connectivity index (χ0) is 17.3. The van der Waals surface area contributed by atoms with Gasteiger partial charge in [0.25, 0.3) is 0 Å². The summed E-state index contributed by atoms with van der Waals surface area (Å²) in [5, 5.41) is 4.58. The standard InChI is InChI=1S/C18H23N3O3/c1-17(2,3)11-6-7-14-13(8-11)20-15(18(4,5)24-14)19-21(16(20)22)12-9-23-10-12/h6-8,12H,9-10H2,1-5H3. The summed E-state index contributed by atoms with van der Waals surface area (Å²) in [6.07, 6.45) is 0. The topological polar surface area (TPSA) is 58.3 Å². The molecule has 2 aliphatic rings. The first-order valence-corrected chi connectivity index (χ1v) is 8.32. The quantitative estimate of drug-likeness (QED) is 0.807. The third kappa shape index (κ3) is 2.13. The fraction of sp³-hybridized carbons (Fsp3) is 0.556. The van der Waals surface area contributed by atoms with Gasteiger partial charge in [-0.3, -0.25) is 0 Å². The number of hydrogen-bond donors (Lipinski definition) is 0. The number of rotatable bonds is 1. The molecule has 0 spiro atoms. The van der Waals surface area contributed by atoms with Crippen LogP contribution in [0.4, 0.5) is 0 Å². The van der Waals surface area contributed by atoms with Crippen molar-refractivity contribution in [3.05, 3.63) is 40.1 Å². The van der Waals surface area contributed by atoms with Gasteiger partial charge < -0.3 is 9.47 Å². The molecule has 0 unspecified atom stereocenters. The molecule has 0 saturated carbocycles. The predicted molar refractivity (Wildman–Crippen MR) is 90.0 cm³/mol. The smallest absolute Gasteiger partial charge is 0.351 e. The van der Waals surface area contributed by atoms with Crippen LogP contribution in [0.2, 0.25) is 0 Å². The van der Waals surface area contributed by atoms with Crippen molar-refractivity contribution < 1.29 is 9.47 Å². The molecule has 6 heteroatoms. The Bertz CT molecular complexity index is 867. The lowest BCUT2D eigenvalue weighted by Gasteiger charge is -2.32. The van der Waals surface area contributed by atoms with Crippen molar-refractivity contribution in [3.63, 3.8) is 0 Å². The molecular weight excluding hydrogens is 306 g/mol. The lowest BCUT2D eigenvalue weighted by Crippen LogP contribution is -2.39. The van der Waals surface area contributed by atoms with Crippen molar-refractivity contribution in [2.45, 2.75) is 51.7 Å². The second-order valence-electron chi connectivity index (χ2n) is 8.12. The minimum absolute atomic E-state index is 0.0103. The number of nitrogens with zero attached hydrogens (tertiary/aromatic N) is 3. The highest BCUT2D eigenvalue weighted by Gasteiger charge is 2.39. The van der Waals surface area contributed by atoms with Crippen LogP contribution < -0.4 is 10.4 Å². The Labute approximate surface area is 141 Å². The highest BCUT2D eigenvalue weighted by atomic mass is 16.5. The van der Waals surface area contributed by atoms with Crippen molar-refractivity contribution in [1.29, 1.82) is 0 Å². The third-order valence-corrected chi connectivity index (χ3v) is 4.74. The number of benzene rings is 1. The molecule has 0 N–H and O–H groups in total. The van der Waals surface area contributed by atoms with Crippen LogP contribution in [0.1, 0.15) is 52.0 Å². The van der Waals surface area contributed by atoms with Crippen molar-refractivity contribution in [2.75, 3.05) is 13.2 Å². The van der Waals surface area contributed by atoms with Crippen LogP contribution in [-0.4, -0.2) is 27.6 Å². The largest absolute Gasteiger partial charge is 0.478 e. The highest BCUT2D eigenvalue weighted by Crippen LogP contribution is 2.39. The number of fused-ring (bicyclic) bond motifs is 3. The number of hydrogen-bond acceptors (Lipinski definition) is 4. The lowest BCUT2D eigenvalue weighted by atomic mass is 9.86. The van der Waals surface area contributed by atoms with Gasteiger partial charge in [-0.1, -0.05) is 26.8 Å². The first kappa shape index (κ1) is 15.4. The summed E-state index contributed by atoms with van der Waals surface area (Å²) in [5.41, 5.74) is 1.13. The van der Waals surface area contributed by atoms with Gasteiger partial charge in [-0.2, -0.15) is 0 Å². The Kier molecular flexibility index (Phi) is 3.04. The van der Waals surface area contributed by atoms with Crippen LogP contribution >= 0.6 is 0 Å². The van der Waals surface area contributed by atoms with Crippen LogP contribution in [0.3, 0.4) is 0 Å². The summed E-state index contributed by atoms with van der Waals surface area (Å²) < 4.78 is 14.6. The molecule has 1 aromatic carbocycles. The van der Waals surface area contributed by atoms with Gasteiger partial charge in [-0.05, 0) is 37.0 Å². The fourth-order valence-corrected chi connectivity index (χ4v) is 3.16. The molecule has 0 amide bonds. The van der Waals surface area contributed by atoms with Gasteiger partial charge in [0.1, 0.15) is 11.8 Å². The average Bonchev–Trinajstić information content (AvgIpc) is 2.75. The SMILES string of the molecule is CC(C)(C)c1ccc2c(c1)-n1c(nn(C3COC3)c1=O)C(C)(C)O2. The van der Waals surface area contributed by atoms with E-state index in [0.717, 1.165) is 11.3 Å². The molecule has 2 aromatic rings. The Morgan fingerprint density at radius 1 is 1.25 bits per heavy atom. The van der Waals surface area contributed by atoms with Gasteiger partial charge in [-0.25, -0.2) is 14.0 Å². The van der Waals surface area contributed by atoms with E-state index in [4.69, 9.17) is 9.47 Å². The molecule has 4 rings (SSSR count). The average molecular weight is 329 g/mol. The molecule has 3 heterocycles. The van der Waals surface area contributed by atoms with Gasteiger partial charge in [0.05, 0.1) is 18.9 Å². The molecule has 1 fully saturated rings. The van der Waals surface area contributed by atoms with Crippen molar-refractivity contribution in [1.82, 2.24) is 14.3 Å². The maximum atomic E-state index is 13.0. The van der Waals surface area contributed by atoms with E-state index in [9.17, 15) is 4.79 Å². The molecule has 0 aliphatic carbocycles. The van der Waals surface area contributed by atoms with E-state index < -0.39 is 5.60 Å². The molecule has 128 valence electrons.